The number of likely N-dealkylation sites (tertiary alicyclic amines) is 1. The summed E-state index contributed by atoms with van der Waals surface area (Å²) in [6.45, 7) is 5.25. The van der Waals surface area contributed by atoms with Crippen molar-refractivity contribution < 1.29 is 4.79 Å². The van der Waals surface area contributed by atoms with Crippen LogP contribution in [-0.4, -0.2) is 28.4 Å². The first-order valence-electron chi connectivity index (χ1n) is 6.40. The Hall–Kier alpha value is -0.610. The number of nitrogens with zero attached hydrogens (tertiary/aromatic N) is 2. The molecule has 1 fully saturated rings. The molecule has 0 spiro atoms. The zero-order chi connectivity index (χ0) is 13.1. The summed E-state index contributed by atoms with van der Waals surface area (Å²) < 4.78 is 0. The minimum absolute atomic E-state index is 0.199. The molecule has 0 saturated carbocycles. The summed E-state index contributed by atoms with van der Waals surface area (Å²) in [5, 5.41) is 2.80. The first-order valence-corrected chi connectivity index (χ1v) is 7.82. The molecule has 100 valence electrons. The van der Waals surface area contributed by atoms with Gasteiger partial charge in [0.1, 0.15) is 5.01 Å². The van der Waals surface area contributed by atoms with Crippen molar-refractivity contribution in [2.24, 2.45) is 5.92 Å². The lowest BCUT2D eigenvalue weighted by atomic mass is 9.92. The second kappa shape index (κ2) is 6.02. The van der Waals surface area contributed by atoms with Crippen molar-refractivity contribution >= 4 is 28.8 Å². The Kier molecular flexibility index (Phi) is 4.62. The van der Waals surface area contributed by atoms with Crippen LogP contribution < -0.4 is 0 Å². The molecule has 1 amide bonds. The van der Waals surface area contributed by atoms with E-state index in [1.54, 1.807) is 0 Å². The van der Waals surface area contributed by atoms with Crippen molar-refractivity contribution in [3.63, 3.8) is 0 Å². The number of amides is 1. The zero-order valence-corrected chi connectivity index (χ0v) is 12.4. The Morgan fingerprint density at radius 3 is 3.06 bits per heavy atom. The number of alkyl halides is 1. The molecule has 2 heterocycles. The lowest BCUT2D eigenvalue weighted by molar-refractivity contribution is -0.135. The number of piperidine rings is 1. The van der Waals surface area contributed by atoms with Gasteiger partial charge >= 0.3 is 0 Å². The van der Waals surface area contributed by atoms with Crippen LogP contribution in [0.4, 0.5) is 0 Å². The highest BCUT2D eigenvalue weighted by Crippen LogP contribution is 2.24. The van der Waals surface area contributed by atoms with E-state index in [1.807, 2.05) is 10.3 Å². The Balaban J connectivity index is 1.98. The molecule has 2 atom stereocenters. The van der Waals surface area contributed by atoms with E-state index >= 15 is 0 Å². The maximum absolute atomic E-state index is 12.3. The molecule has 0 radical (unpaired) electrons. The quantitative estimate of drug-likeness (QED) is 0.800. The highest BCUT2D eigenvalue weighted by atomic mass is 35.5. The molecular weight excluding hydrogens is 268 g/mol. The predicted octanol–water partition coefficient (Wildman–Crippen LogP) is 3.07. The molecule has 0 aliphatic carbocycles. The van der Waals surface area contributed by atoms with E-state index in [9.17, 15) is 4.79 Å². The molecule has 1 aromatic heterocycles. The molecule has 0 N–H and O–H groups in total. The van der Waals surface area contributed by atoms with E-state index in [0.29, 0.717) is 24.3 Å². The molecule has 0 bridgehead atoms. The van der Waals surface area contributed by atoms with Crippen LogP contribution in [0.25, 0.3) is 0 Å². The van der Waals surface area contributed by atoms with Crippen LogP contribution in [0.15, 0.2) is 5.38 Å². The van der Waals surface area contributed by atoms with Crippen molar-refractivity contribution in [2.75, 3.05) is 6.54 Å². The van der Waals surface area contributed by atoms with Gasteiger partial charge in [0.2, 0.25) is 5.91 Å². The van der Waals surface area contributed by atoms with Gasteiger partial charge in [-0.25, -0.2) is 4.98 Å². The molecule has 3 nitrogen and oxygen atoms in total. The third-order valence-corrected chi connectivity index (χ3v) is 4.90. The molecule has 18 heavy (non-hydrogen) atoms. The van der Waals surface area contributed by atoms with Crippen molar-refractivity contribution in [1.29, 1.82) is 0 Å². The van der Waals surface area contributed by atoms with Gasteiger partial charge in [0.05, 0.1) is 18.0 Å². The standard InChI is InChI=1S/C13H19ClN2OS/c1-9-4-3-5-16(10(9)2)13(17)6-12-15-11(7-14)8-18-12/h8-10H,3-7H2,1-2H3. The van der Waals surface area contributed by atoms with Crippen LogP contribution in [0.1, 0.15) is 37.4 Å². The summed E-state index contributed by atoms with van der Waals surface area (Å²) in [4.78, 5) is 18.6. The number of aromatic nitrogens is 1. The third-order valence-electron chi connectivity index (χ3n) is 3.73. The van der Waals surface area contributed by atoms with E-state index in [2.05, 4.69) is 18.8 Å². The SMILES string of the molecule is CC1CCCN(C(=O)Cc2nc(CCl)cs2)C1C. The van der Waals surface area contributed by atoms with Gasteiger partial charge in [0.25, 0.3) is 0 Å². The van der Waals surface area contributed by atoms with E-state index in [4.69, 9.17) is 11.6 Å². The fraction of sp³-hybridized carbons (Fsp3) is 0.692. The number of hydrogen-bond acceptors (Lipinski definition) is 3. The summed E-state index contributed by atoms with van der Waals surface area (Å²) in [5.74, 6) is 1.21. The molecule has 2 unspecified atom stereocenters. The summed E-state index contributed by atoms with van der Waals surface area (Å²) >= 11 is 7.24. The van der Waals surface area contributed by atoms with E-state index in [-0.39, 0.29) is 5.91 Å². The first kappa shape index (κ1) is 13.8. The Morgan fingerprint density at radius 1 is 1.61 bits per heavy atom. The number of carbonyl (C=O) groups is 1. The lowest BCUT2D eigenvalue weighted by Gasteiger charge is -2.37. The van der Waals surface area contributed by atoms with Crippen LogP contribution in [0, 0.1) is 5.92 Å². The average Bonchev–Trinajstić information content (AvgIpc) is 2.80. The van der Waals surface area contributed by atoms with Crippen LogP contribution in [0.5, 0.6) is 0 Å². The summed E-state index contributed by atoms with van der Waals surface area (Å²) in [6.07, 6.45) is 2.75. The first-order chi connectivity index (χ1) is 8.61. The van der Waals surface area contributed by atoms with E-state index in [1.165, 1.54) is 17.8 Å². The molecule has 1 saturated heterocycles. The van der Waals surface area contributed by atoms with Crippen molar-refractivity contribution in [3.05, 3.63) is 16.1 Å². The third kappa shape index (κ3) is 3.04. The maximum atomic E-state index is 12.3. The zero-order valence-electron chi connectivity index (χ0n) is 10.9. The van der Waals surface area contributed by atoms with Crippen molar-refractivity contribution in [1.82, 2.24) is 9.88 Å². The molecule has 1 aromatic rings. The molecule has 1 aliphatic heterocycles. The van der Waals surface area contributed by atoms with Gasteiger partial charge in [-0.2, -0.15) is 0 Å². The Morgan fingerprint density at radius 2 is 2.39 bits per heavy atom. The number of halogens is 1. The second-order valence-corrected chi connectivity index (χ2v) is 6.20. The van der Waals surface area contributed by atoms with Crippen molar-refractivity contribution in [2.45, 2.75) is 45.0 Å². The normalized spacial score (nSPS) is 24.3. The van der Waals surface area contributed by atoms with Crippen LogP contribution in [0.2, 0.25) is 0 Å². The topological polar surface area (TPSA) is 33.2 Å². The highest BCUT2D eigenvalue weighted by molar-refractivity contribution is 7.09. The summed E-state index contributed by atoms with van der Waals surface area (Å²) in [6, 6.07) is 0.346. The number of hydrogen-bond donors (Lipinski definition) is 0. The van der Waals surface area contributed by atoms with Crippen LogP contribution in [-0.2, 0) is 17.1 Å². The minimum atomic E-state index is 0.199. The fourth-order valence-electron chi connectivity index (χ4n) is 2.41. The highest BCUT2D eigenvalue weighted by Gasteiger charge is 2.28. The van der Waals surface area contributed by atoms with Gasteiger partial charge in [-0.3, -0.25) is 4.79 Å². The molecule has 0 aromatic carbocycles. The van der Waals surface area contributed by atoms with Gasteiger partial charge in [-0.15, -0.1) is 22.9 Å². The number of carbonyl (C=O) groups excluding carboxylic acids is 1. The molecule has 1 aliphatic rings. The number of rotatable bonds is 3. The van der Waals surface area contributed by atoms with Crippen LogP contribution >= 0.6 is 22.9 Å². The second-order valence-electron chi connectivity index (χ2n) is 4.99. The van der Waals surface area contributed by atoms with Gasteiger partial charge in [-0.05, 0) is 25.7 Å². The smallest absolute Gasteiger partial charge is 0.229 e. The Labute approximate surface area is 117 Å². The fourth-order valence-corrected chi connectivity index (χ4v) is 3.42. The molecule has 5 heteroatoms. The minimum Gasteiger partial charge on any atom is -0.339 e. The van der Waals surface area contributed by atoms with E-state index < -0.39 is 0 Å². The van der Waals surface area contributed by atoms with Gasteiger partial charge in [0, 0.05) is 18.0 Å². The summed E-state index contributed by atoms with van der Waals surface area (Å²) in [5.41, 5.74) is 0.865. The molecular formula is C13H19ClN2OS. The monoisotopic (exact) mass is 286 g/mol. The lowest BCUT2D eigenvalue weighted by Crippen LogP contribution is -2.46. The Bertz CT molecular complexity index is 421. The van der Waals surface area contributed by atoms with Crippen LogP contribution in [0.3, 0.4) is 0 Å². The largest absolute Gasteiger partial charge is 0.339 e. The summed E-state index contributed by atoms with van der Waals surface area (Å²) in [7, 11) is 0. The van der Waals surface area contributed by atoms with Gasteiger partial charge in [0.15, 0.2) is 0 Å². The predicted molar refractivity (Wildman–Crippen MR) is 74.9 cm³/mol. The number of thiazole rings is 1. The van der Waals surface area contributed by atoms with Gasteiger partial charge < -0.3 is 4.90 Å². The maximum Gasteiger partial charge on any atom is 0.229 e. The van der Waals surface area contributed by atoms with E-state index in [0.717, 1.165) is 23.7 Å². The average molecular weight is 287 g/mol. The van der Waals surface area contributed by atoms with Gasteiger partial charge in [-0.1, -0.05) is 6.92 Å². The van der Waals surface area contributed by atoms with Crippen molar-refractivity contribution in [3.8, 4) is 0 Å². The molecule has 2 rings (SSSR count).